The molecule has 0 fully saturated rings. The average Bonchev–Trinajstić information content (AvgIpc) is 2.32. The van der Waals surface area contributed by atoms with Gasteiger partial charge in [-0.3, -0.25) is 0 Å². The van der Waals surface area contributed by atoms with Crippen molar-refractivity contribution in [3.63, 3.8) is 0 Å². The van der Waals surface area contributed by atoms with E-state index in [0.29, 0.717) is 0 Å². The fourth-order valence-corrected chi connectivity index (χ4v) is 3.35. The van der Waals surface area contributed by atoms with Crippen LogP contribution in [0.2, 0.25) is 0 Å². The SMILES string of the molecule is Cc1c(C)c(C)c2c(c1C)CCC(C(C)C)C2. The van der Waals surface area contributed by atoms with Gasteiger partial charge in [-0.1, -0.05) is 13.8 Å². The van der Waals surface area contributed by atoms with Crippen LogP contribution in [0, 0.1) is 39.5 Å². The van der Waals surface area contributed by atoms with E-state index in [2.05, 4.69) is 41.5 Å². The molecule has 0 heterocycles. The second-order valence-electron chi connectivity index (χ2n) is 6.20. The fourth-order valence-electron chi connectivity index (χ4n) is 3.35. The molecule has 1 unspecified atom stereocenters. The maximum Gasteiger partial charge on any atom is -0.0242 e. The predicted octanol–water partition coefficient (Wildman–Crippen LogP) is 4.68. The first-order valence-electron chi connectivity index (χ1n) is 7.01. The molecule has 0 heteroatoms. The van der Waals surface area contributed by atoms with E-state index in [-0.39, 0.29) is 0 Å². The van der Waals surface area contributed by atoms with E-state index in [1.165, 1.54) is 30.4 Å². The van der Waals surface area contributed by atoms with Crippen molar-refractivity contribution in [3.8, 4) is 0 Å². The highest BCUT2D eigenvalue weighted by molar-refractivity contribution is 5.51. The molecule has 0 aliphatic heterocycles. The van der Waals surface area contributed by atoms with E-state index in [1.54, 1.807) is 22.3 Å². The van der Waals surface area contributed by atoms with Crippen molar-refractivity contribution in [1.82, 2.24) is 0 Å². The first kappa shape index (κ1) is 12.7. The predicted molar refractivity (Wildman–Crippen MR) is 75.7 cm³/mol. The molecule has 0 saturated heterocycles. The van der Waals surface area contributed by atoms with E-state index in [4.69, 9.17) is 0 Å². The highest BCUT2D eigenvalue weighted by atomic mass is 14.3. The molecule has 0 saturated carbocycles. The quantitative estimate of drug-likeness (QED) is 0.657. The van der Waals surface area contributed by atoms with Crippen molar-refractivity contribution >= 4 is 0 Å². The lowest BCUT2D eigenvalue weighted by Gasteiger charge is -2.31. The van der Waals surface area contributed by atoms with E-state index in [0.717, 1.165) is 11.8 Å². The second kappa shape index (κ2) is 4.48. The molecule has 17 heavy (non-hydrogen) atoms. The Labute approximate surface area is 106 Å². The van der Waals surface area contributed by atoms with Gasteiger partial charge >= 0.3 is 0 Å². The third kappa shape index (κ3) is 2.03. The molecular formula is C17H26. The number of fused-ring (bicyclic) bond motifs is 1. The van der Waals surface area contributed by atoms with E-state index < -0.39 is 0 Å². The average molecular weight is 230 g/mol. The molecule has 1 atom stereocenters. The van der Waals surface area contributed by atoms with Gasteiger partial charge in [-0.15, -0.1) is 0 Å². The van der Waals surface area contributed by atoms with E-state index >= 15 is 0 Å². The Morgan fingerprint density at radius 1 is 0.824 bits per heavy atom. The first-order valence-corrected chi connectivity index (χ1v) is 7.01. The molecule has 2 rings (SSSR count). The molecule has 0 bridgehead atoms. The molecule has 1 aromatic carbocycles. The monoisotopic (exact) mass is 230 g/mol. The second-order valence-corrected chi connectivity index (χ2v) is 6.20. The summed E-state index contributed by atoms with van der Waals surface area (Å²) in [6.07, 6.45) is 3.99. The maximum atomic E-state index is 2.37. The molecule has 1 aliphatic carbocycles. The van der Waals surface area contributed by atoms with Gasteiger partial charge in [0.15, 0.2) is 0 Å². The van der Waals surface area contributed by atoms with Crippen molar-refractivity contribution in [2.45, 2.75) is 60.8 Å². The maximum absolute atomic E-state index is 2.37. The van der Waals surface area contributed by atoms with Crippen LogP contribution in [0.1, 0.15) is 53.6 Å². The minimum absolute atomic E-state index is 0.824. The Balaban J connectivity index is 2.51. The van der Waals surface area contributed by atoms with E-state index in [9.17, 15) is 0 Å². The minimum atomic E-state index is 0.824. The summed E-state index contributed by atoms with van der Waals surface area (Å²) < 4.78 is 0. The van der Waals surface area contributed by atoms with Gasteiger partial charge in [0, 0.05) is 0 Å². The molecular weight excluding hydrogens is 204 g/mol. The summed E-state index contributed by atoms with van der Waals surface area (Å²) in [6.45, 7) is 14.0. The van der Waals surface area contributed by atoms with Crippen LogP contribution >= 0.6 is 0 Å². The zero-order valence-electron chi connectivity index (χ0n) is 12.3. The number of benzene rings is 1. The standard InChI is InChI=1S/C17H26/c1-10(2)15-7-8-16-13(5)11(3)12(4)14(6)17(16)9-15/h10,15H,7-9H2,1-6H3. The molecule has 0 aromatic heterocycles. The van der Waals surface area contributed by atoms with Gasteiger partial charge in [0.25, 0.3) is 0 Å². The molecule has 94 valence electrons. The van der Waals surface area contributed by atoms with Crippen LogP contribution in [0.25, 0.3) is 0 Å². The van der Waals surface area contributed by atoms with Crippen molar-refractivity contribution in [2.24, 2.45) is 11.8 Å². The van der Waals surface area contributed by atoms with Gasteiger partial charge in [-0.25, -0.2) is 0 Å². The lowest BCUT2D eigenvalue weighted by Crippen LogP contribution is -2.21. The van der Waals surface area contributed by atoms with Gasteiger partial charge in [0.1, 0.15) is 0 Å². The molecule has 1 aliphatic rings. The Kier molecular flexibility index (Phi) is 3.34. The van der Waals surface area contributed by atoms with Crippen LogP contribution in [0.3, 0.4) is 0 Å². The van der Waals surface area contributed by atoms with Gasteiger partial charge in [0.05, 0.1) is 0 Å². The van der Waals surface area contributed by atoms with Crippen molar-refractivity contribution in [1.29, 1.82) is 0 Å². The van der Waals surface area contributed by atoms with Crippen LogP contribution in [-0.4, -0.2) is 0 Å². The summed E-state index contributed by atoms with van der Waals surface area (Å²) in [6, 6.07) is 0. The lowest BCUT2D eigenvalue weighted by molar-refractivity contribution is 0.341. The van der Waals surface area contributed by atoms with Crippen molar-refractivity contribution in [3.05, 3.63) is 33.4 Å². The summed E-state index contributed by atoms with van der Waals surface area (Å²) in [5.41, 5.74) is 9.51. The lowest BCUT2D eigenvalue weighted by atomic mass is 9.74. The van der Waals surface area contributed by atoms with Gasteiger partial charge in [0.2, 0.25) is 0 Å². The zero-order chi connectivity index (χ0) is 12.7. The molecule has 0 nitrogen and oxygen atoms in total. The minimum Gasteiger partial charge on any atom is -0.0625 e. The highest BCUT2D eigenvalue weighted by Gasteiger charge is 2.25. The summed E-state index contributed by atoms with van der Waals surface area (Å²) in [5, 5.41) is 0. The normalized spacial score (nSPS) is 19.6. The van der Waals surface area contributed by atoms with Gasteiger partial charge in [-0.05, 0) is 92.2 Å². The highest BCUT2D eigenvalue weighted by Crippen LogP contribution is 2.36. The smallest absolute Gasteiger partial charge is 0.0242 e. The first-order chi connectivity index (χ1) is 7.93. The summed E-state index contributed by atoms with van der Waals surface area (Å²) in [4.78, 5) is 0. The van der Waals surface area contributed by atoms with Crippen LogP contribution in [0.5, 0.6) is 0 Å². The Bertz CT molecular complexity index is 438. The molecule has 1 aromatic rings. The zero-order valence-corrected chi connectivity index (χ0v) is 12.3. The molecule has 0 amide bonds. The Morgan fingerprint density at radius 2 is 1.35 bits per heavy atom. The van der Waals surface area contributed by atoms with Crippen molar-refractivity contribution < 1.29 is 0 Å². The molecule has 0 radical (unpaired) electrons. The third-order valence-electron chi connectivity index (χ3n) is 5.13. The van der Waals surface area contributed by atoms with Crippen LogP contribution in [-0.2, 0) is 12.8 Å². The summed E-state index contributed by atoms with van der Waals surface area (Å²) in [7, 11) is 0. The van der Waals surface area contributed by atoms with Crippen LogP contribution in [0.15, 0.2) is 0 Å². The topological polar surface area (TPSA) is 0 Å². The van der Waals surface area contributed by atoms with Crippen molar-refractivity contribution in [2.75, 3.05) is 0 Å². The summed E-state index contributed by atoms with van der Waals surface area (Å²) in [5.74, 6) is 1.71. The largest absolute Gasteiger partial charge is 0.0625 e. The molecule has 0 spiro atoms. The van der Waals surface area contributed by atoms with E-state index in [1.807, 2.05) is 0 Å². The Morgan fingerprint density at radius 3 is 1.88 bits per heavy atom. The van der Waals surface area contributed by atoms with Gasteiger partial charge < -0.3 is 0 Å². The fraction of sp³-hybridized carbons (Fsp3) is 0.647. The third-order valence-corrected chi connectivity index (χ3v) is 5.13. The number of hydrogen-bond acceptors (Lipinski definition) is 0. The number of hydrogen-bond donors (Lipinski definition) is 0. The molecule has 0 N–H and O–H groups in total. The van der Waals surface area contributed by atoms with Crippen LogP contribution < -0.4 is 0 Å². The summed E-state index contributed by atoms with van der Waals surface area (Å²) >= 11 is 0. The Hall–Kier alpha value is -0.780. The van der Waals surface area contributed by atoms with Gasteiger partial charge in [-0.2, -0.15) is 0 Å². The van der Waals surface area contributed by atoms with Crippen LogP contribution in [0.4, 0.5) is 0 Å². The number of rotatable bonds is 1.